The van der Waals surface area contributed by atoms with Crippen molar-refractivity contribution in [3.8, 4) is 0 Å². The first-order valence-corrected chi connectivity index (χ1v) is 11.0. The highest BCUT2D eigenvalue weighted by Crippen LogP contribution is 2.66. The zero-order chi connectivity index (χ0) is 18.1. The van der Waals surface area contributed by atoms with E-state index in [1.807, 2.05) is 6.08 Å². The van der Waals surface area contributed by atoms with Crippen LogP contribution in [0.2, 0.25) is 0 Å². The van der Waals surface area contributed by atoms with Crippen molar-refractivity contribution in [1.82, 2.24) is 0 Å². The lowest BCUT2D eigenvalue weighted by Gasteiger charge is -2.57. The van der Waals surface area contributed by atoms with Gasteiger partial charge >= 0.3 is 0 Å². The lowest BCUT2D eigenvalue weighted by molar-refractivity contribution is -0.136. The highest BCUT2D eigenvalue weighted by molar-refractivity contribution is 5.91. The van der Waals surface area contributed by atoms with Gasteiger partial charge < -0.3 is 9.47 Å². The molecule has 1 saturated heterocycles. The molecule has 8 unspecified atom stereocenters. The molecule has 8 atom stereocenters. The van der Waals surface area contributed by atoms with E-state index >= 15 is 0 Å². The smallest absolute Gasteiger partial charge is 0.158 e. The Morgan fingerprint density at radius 1 is 1.12 bits per heavy atom. The number of allylic oxidation sites excluding steroid dienone is 1. The van der Waals surface area contributed by atoms with Gasteiger partial charge in [-0.25, -0.2) is 0 Å². The Kier molecular flexibility index (Phi) is 3.96. The molecule has 1 aliphatic heterocycles. The van der Waals surface area contributed by atoms with Crippen LogP contribution in [0.3, 0.4) is 0 Å². The third kappa shape index (κ3) is 2.29. The maximum Gasteiger partial charge on any atom is 0.158 e. The maximum atomic E-state index is 12.0. The second kappa shape index (κ2) is 5.91. The molecule has 26 heavy (non-hydrogen) atoms. The summed E-state index contributed by atoms with van der Waals surface area (Å²) in [4.78, 5) is 12.0. The summed E-state index contributed by atoms with van der Waals surface area (Å²) in [5, 5.41) is 0. The number of carbonyl (C=O) groups is 1. The van der Waals surface area contributed by atoms with Crippen LogP contribution in [-0.4, -0.2) is 24.3 Å². The van der Waals surface area contributed by atoms with Gasteiger partial charge in [-0.15, -0.1) is 0 Å². The van der Waals surface area contributed by atoms with Crippen molar-refractivity contribution in [2.24, 2.45) is 28.6 Å². The molecule has 4 fully saturated rings. The van der Waals surface area contributed by atoms with Gasteiger partial charge in [0.2, 0.25) is 0 Å². The van der Waals surface area contributed by atoms with Gasteiger partial charge in [-0.2, -0.15) is 0 Å². The number of fused-ring (bicyclic) bond motifs is 7. The second-order valence-corrected chi connectivity index (χ2v) is 10.2. The van der Waals surface area contributed by atoms with E-state index in [4.69, 9.17) is 9.47 Å². The molecule has 5 aliphatic rings. The van der Waals surface area contributed by atoms with E-state index in [0.717, 1.165) is 49.9 Å². The van der Waals surface area contributed by atoms with Gasteiger partial charge in [-0.3, -0.25) is 4.79 Å². The van der Waals surface area contributed by atoms with Crippen molar-refractivity contribution in [2.75, 3.05) is 0 Å². The van der Waals surface area contributed by atoms with Gasteiger partial charge in [0.05, 0.1) is 12.2 Å². The molecule has 0 bridgehead atoms. The molecule has 4 aliphatic carbocycles. The zero-order valence-corrected chi connectivity index (χ0v) is 16.6. The van der Waals surface area contributed by atoms with Gasteiger partial charge in [0.15, 0.2) is 12.1 Å². The van der Waals surface area contributed by atoms with Crippen molar-refractivity contribution in [3.63, 3.8) is 0 Å². The number of hydrogen-bond acceptors (Lipinski definition) is 3. The Morgan fingerprint density at radius 2 is 1.96 bits per heavy atom. The molecular weight excluding hydrogens is 324 g/mol. The van der Waals surface area contributed by atoms with Crippen molar-refractivity contribution in [1.29, 1.82) is 0 Å². The molecule has 0 spiro atoms. The number of ether oxygens (including phenoxy) is 2. The van der Waals surface area contributed by atoms with E-state index in [1.165, 1.54) is 31.3 Å². The van der Waals surface area contributed by atoms with E-state index in [1.54, 1.807) is 0 Å². The average molecular weight is 359 g/mol. The third-order valence-electron chi connectivity index (χ3n) is 9.02. The van der Waals surface area contributed by atoms with E-state index in [0.29, 0.717) is 18.0 Å². The highest BCUT2D eigenvalue weighted by Gasteiger charge is 2.64. The summed E-state index contributed by atoms with van der Waals surface area (Å²) in [7, 11) is 0. The summed E-state index contributed by atoms with van der Waals surface area (Å²) in [6, 6.07) is 0. The monoisotopic (exact) mass is 358 g/mol. The number of rotatable bonds is 2. The van der Waals surface area contributed by atoms with E-state index in [2.05, 4.69) is 20.8 Å². The minimum Gasteiger partial charge on any atom is -0.347 e. The first-order chi connectivity index (χ1) is 12.5. The van der Waals surface area contributed by atoms with E-state index < -0.39 is 0 Å². The fraction of sp³-hybridized carbons (Fsp3) is 0.870. The third-order valence-corrected chi connectivity index (χ3v) is 9.02. The first-order valence-electron chi connectivity index (χ1n) is 11.0. The van der Waals surface area contributed by atoms with Gasteiger partial charge in [0, 0.05) is 6.42 Å². The summed E-state index contributed by atoms with van der Waals surface area (Å²) >= 11 is 0. The van der Waals surface area contributed by atoms with Crippen LogP contribution in [0, 0.1) is 28.6 Å². The predicted octanol–water partition coefficient (Wildman–Crippen LogP) is 5.04. The van der Waals surface area contributed by atoms with Gasteiger partial charge in [0.25, 0.3) is 0 Å². The van der Waals surface area contributed by atoms with Crippen LogP contribution in [0.5, 0.6) is 0 Å². The van der Waals surface area contributed by atoms with Crippen LogP contribution < -0.4 is 0 Å². The predicted molar refractivity (Wildman–Crippen MR) is 101 cm³/mol. The molecule has 5 rings (SSSR count). The minimum absolute atomic E-state index is 0.0354. The first kappa shape index (κ1) is 17.4. The van der Waals surface area contributed by atoms with Gasteiger partial charge in [-0.1, -0.05) is 32.8 Å². The lowest BCUT2D eigenvalue weighted by atomic mass is 9.47. The van der Waals surface area contributed by atoms with Crippen molar-refractivity contribution in [2.45, 2.75) is 97.1 Å². The molecule has 144 valence electrons. The maximum absolute atomic E-state index is 12.0. The van der Waals surface area contributed by atoms with E-state index in [9.17, 15) is 4.79 Å². The van der Waals surface area contributed by atoms with Crippen molar-refractivity contribution >= 4 is 5.78 Å². The summed E-state index contributed by atoms with van der Waals surface area (Å²) in [5.41, 5.74) is 2.02. The molecule has 0 amide bonds. The molecule has 0 N–H and O–H groups in total. The molecular formula is C23H34O3. The fourth-order valence-electron chi connectivity index (χ4n) is 7.64. The summed E-state index contributed by atoms with van der Waals surface area (Å²) in [6.45, 7) is 7.17. The number of hydrogen-bond donors (Lipinski definition) is 0. The largest absolute Gasteiger partial charge is 0.347 e. The standard InChI is InChI=1S/C23H34O3/c1-4-5-20-25-19-13-18-16-7-6-14-12-15(24)8-10-22(14,2)17(16)9-11-23(18,3)21(19)26-20/h12,16-21H,4-11,13H2,1-3H3. The van der Waals surface area contributed by atoms with Crippen molar-refractivity contribution < 1.29 is 14.3 Å². The summed E-state index contributed by atoms with van der Waals surface area (Å²) in [6.07, 6.45) is 12.8. The summed E-state index contributed by atoms with van der Waals surface area (Å²) < 4.78 is 12.8. The Morgan fingerprint density at radius 3 is 2.77 bits per heavy atom. The van der Waals surface area contributed by atoms with Crippen LogP contribution in [0.25, 0.3) is 0 Å². The molecule has 0 aromatic carbocycles. The van der Waals surface area contributed by atoms with Crippen LogP contribution >= 0.6 is 0 Å². The molecule has 3 heteroatoms. The molecule has 3 nitrogen and oxygen atoms in total. The van der Waals surface area contributed by atoms with Crippen LogP contribution in [0.1, 0.15) is 78.6 Å². The highest BCUT2D eigenvalue weighted by atomic mass is 16.7. The van der Waals surface area contributed by atoms with Crippen LogP contribution in [0.15, 0.2) is 11.6 Å². The van der Waals surface area contributed by atoms with Crippen LogP contribution in [-0.2, 0) is 14.3 Å². The van der Waals surface area contributed by atoms with Crippen LogP contribution in [0.4, 0.5) is 0 Å². The Balaban J connectivity index is 1.41. The van der Waals surface area contributed by atoms with Gasteiger partial charge in [0.1, 0.15) is 0 Å². The quantitative estimate of drug-likeness (QED) is 0.694. The average Bonchev–Trinajstić information content (AvgIpc) is 3.12. The van der Waals surface area contributed by atoms with Crippen molar-refractivity contribution in [3.05, 3.63) is 11.6 Å². The van der Waals surface area contributed by atoms with Gasteiger partial charge in [-0.05, 0) is 79.6 Å². The Bertz CT molecular complexity index is 639. The number of ketones is 1. The molecule has 0 radical (unpaired) electrons. The lowest BCUT2D eigenvalue weighted by Crippen LogP contribution is -2.51. The normalized spacial score (nSPS) is 52.7. The number of carbonyl (C=O) groups excluding carboxylic acids is 1. The molecule has 3 saturated carbocycles. The Hall–Kier alpha value is -0.670. The van der Waals surface area contributed by atoms with E-state index in [-0.39, 0.29) is 17.1 Å². The minimum atomic E-state index is 0.0354. The Labute approximate surface area is 157 Å². The molecule has 0 aromatic rings. The molecule has 1 heterocycles. The SMILES string of the molecule is CCCC1OC2CC3C4CCC5=CC(=O)CCC5(C)C4CCC3(C)C2O1. The topological polar surface area (TPSA) is 35.5 Å². The molecule has 0 aromatic heterocycles. The second-order valence-electron chi connectivity index (χ2n) is 10.2. The fourth-order valence-corrected chi connectivity index (χ4v) is 7.64. The summed E-state index contributed by atoms with van der Waals surface area (Å²) in [5.74, 6) is 2.62. The zero-order valence-electron chi connectivity index (χ0n) is 16.6.